The molecule has 1 aromatic rings. The summed E-state index contributed by atoms with van der Waals surface area (Å²) in [5.41, 5.74) is 1.13. The van der Waals surface area contributed by atoms with Crippen molar-refractivity contribution < 1.29 is 9.90 Å². The van der Waals surface area contributed by atoms with Crippen molar-refractivity contribution in [2.45, 2.75) is 18.9 Å². The van der Waals surface area contributed by atoms with Crippen LogP contribution in [0.15, 0.2) is 43.0 Å². The summed E-state index contributed by atoms with van der Waals surface area (Å²) in [5, 5.41) is 9.36. The molecular formula is C12H14O2. The average molecular weight is 190 g/mol. The van der Waals surface area contributed by atoms with E-state index in [2.05, 4.69) is 6.58 Å². The largest absolute Gasteiger partial charge is 0.385 e. The predicted molar refractivity (Wildman–Crippen MR) is 56.0 cm³/mol. The Morgan fingerprint density at radius 1 is 1.43 bits per heavy atom. The summed E-state index contributed by atoms with van der Waals surface area (Å²) in [7, 11) is 0. The SMILES string of the molecule is C=CC(=O)C(O)CCc1ccccc1. The fourth-order valence-corrected chi connectivity index (χ4v) is 1.23. The highest BCUT2D eigenvalue weighted by molar-refractivity contribution is 5.92. The molecule has 14 heavy (non-hydrogen) atoms. The van der Waals surface area contributed by atoms with Crippen LogP contribution in [0.1, 0.15) is 12.0 Å². The summed E-state index contributed by atoms with van der Waals surface area (Å²) in [6, 6.07) is 9.78. The second-order valence-electron chi connectivity index (χ2n) is 3.15. The van der Waals surface area contributed by atoms with Gasteiger partial charge in [0.25, 0.3) is 0 Å². The average Bonchev–Trinajstić information content (AvgIpc) is 2.26. The summed E-state index contributed by atoms with van der Waals surface area (Å²) in [6.07, 6.45) is 1.42. The molecule has 74 valence electrons. The van der Waals surface area contributed by atoms with Crippen molar-refractivity contribution in [2.75, 3.05) is 0 Å². The standard InChI is InChI=1S/C12H14O2/c1-2-11(13)12(14)9-8-10-6-4-3-5-7-10/h2-7,12,14H,1,8-9H2. The molecule has 0 bridgehead atoms. The maximum absolute atomic E-state index is 11.0. The van der Waals surface area contributed by atoms with Gasteiger partial charge in [0.2, 0.25) is 0 Å². The second-order valence-corrected chi connectivity index (χ2v) is 3.15. The molecule has 2 nitrogen and oxygen atoms in total. The first-order chi connectivity index (χ1) is 6.74. The van der Waals surface area contributed by atoms with Gasteiger partial charge in [-0.05, 0) is 24.5 Å². The Morgan fingerprint density at radius 3 is 2.64 bits per heavy atom. The number of aliphatic hydroxyl groups is 1. The summed E-state index contributed by atoms with van der Waals surface area (Å²) in [4.78, 5) is 11.0. The normalized spacial score (nSPS) is 12.1. The Bertz CT molecular complexity index is 303. The smallest absolute Gasteiger partial charge is 0.183 e. The summed E-state index contributed by atoms with van der Waals surface area (Å²) >= 11 is 0. The Balaban J connectivity index is 2.41. The third-order valence-corrected chi connectivity index (χ3v) is 2.08. The van der Waals surface area contributed by atoms with Crippen LogP contribution in [-0.4, -0.2) is 17.0 Å². The van der Waals surface area contributed by atoms with Gasteiger partial charge in [-0.2, -0.15) is 0 Å². The topological polar surface area (TPSA) is 37.3 Å². The van der Waals surface area contributed by atoms with Gasteiger partial charge in [0.15, 0.2) is 5.78 Å². The number of ketones is 1. The van der Waals surface area contributed by atoms with Crippen LogP contribution < -0.4 is 0 Å². The van der Waals surface area contributed by atoms with Gasteiger partial charge in [-0.3, -0.25) is 4.79 Å². The molecular weight excluding hydrogens is 176 g/mol. The zero-order valence-corrected chi connectivity index (χ0v) is 8.02. The van der Waals surface area contributed by atoms with Crippen molar-refractivity contribution in [1.82, 2.24) is 0 Å². The van der Waals surface area contributed by atoms with E-state index >= 15 is 0 Å². The van der Waals surface area contributed by atoms with E-state index in [9.17, 15) is 9.90 Å². The lowest BCUT2D eigenvalue weighted by molar-refractivity contribution is -0.122. The third kappa shape index (κ3) is 3.15. The van der Waals surface area contributed by atoms with Crippen molar-refractivity contribution in [2.24, 2.45) is 0 Å². The van der Waals surface area contributed by atoms with E-state index in [1.54, 1.807) is 0 Å². The number of aliphatic hydroxyl groups excluding tert-OH is 1. The molecule has 1 atom stereocenters. The van der Waals surface area contributed by atoms with Crippen LogP contribution in [0.4, 0.5) is 0 Å². The molecule has 0 saturated carbocycles. The molecule has 1 rings (SSSR count). The van der Waals surface area contributed by atoms with Gasteiger partial charge < -0.3 is 5.11 Å². The van der Waals surface area contributed by atoms with E-state index in [0.29, 0.717) is 12.8 Å². The first-order valence-corrected chi connectivity index (χ1v) is 4.62. The van der Waals surface area contributed by atoms with E-state index in [1.165, 1.54) is 0 Å². The van der Waals surface area contributed by atoms with Gasteiger partial charge in [-0.25, -0.2) is 0 Å². The molecule has 0 amide bonds. The number of carbonyl (C=O) groups is 1. The number of aryl methyl sites for hydroxylation is 1. The minimum atomic E-state index is -0.910. The summed E-state index contributed by atoms with van der Waals surface area (Å²) in [6.45, 7) is 3.33. The lowest BCUT2D eigenvalue weighted by Crippen LogP contribution is -2.18. The molecule has 0 saturated heterocycles. The van der Waals surface area contributed by atoms with E-state index < -0.39 is 6.10 Å². The second kappa shape index (κ2) is 5.35. The molecule has 1 unspecified atom stereocenters. The van der Waals surface area contributed by atoms with Gasteiger partial charge in [0.1, 0.15) is 6.10 Å². The lowest BCUT2D eigenvalue weighted by atomic mass is 10.0. The van der Waals surface area contributed by atoms with Gasteiger partial charge in [-0.15, -0.1) is 0 Å². The summed E-state index contributed by atoms with van der Waals surface area (Å²) in [5.74, 6) is -0.305. The molecule has 0 fully saturated rings. The number of benzene rings is 1. The zero-order chi connectivity index (χ0) is 10.4. The van der Waals surface area contributed by atoms with Crippen LogP contribution in [-0.2, 0) is 11.2 Å². The molecule has 0 aliphatic carbocycles. The predicted octanol–water partition coefficient (Wildman–Crippen LogP) is 1.74. The van der Waals surface area contributed by atoms with Crippen molar-refractivity contribution in [3.8, 4) is 0 Å². The number of rotatable bonds is 5. The number of hydrogen-bond donors (Lipinski definition) is 1. The number of carbonyl (C=O) groups excluding carboxylic acids is 1. The fraction of sp³-hybridized carbons (Fsp3) is 0.250. The molecule has 2 heteroatoms. The van der Waals surface area contributed by atoms with Crippen molar-refractivity contribution in [3.05, 3.63) is 48.6 Å². The third-order valence-electron chi connectivity index (χ3n) is 2.08. The van der Waals surface area contributed by atoms with Crippen LogP contribution in [0.3, 0.4) is 0 Å². The Morgan fingerprint density at radius 2 is 2.07 bits per heavy atom. The van der Waals surface area contributed by atoms with E-state index in [0.717, 1.165) is 11.6 Å². The van der Waals surface area contributed by atoms with Crippen LogP contribution >= 0.6 is 0 Å². The van der Waals surface area contributed by atoms with Crippen LogP contribution in [0.5, 0.6) is 0 Å². The minimum Gasteiger partial charge on any atom is -0.385 e. The first-order valence-electron chi connectivity index (χ1n) is 4.62. The zero-order valence-electron chi connectivity index (χ0n) is 8.02. The van der Waals surface area contributed by atoms with Gasteiger partial charge in [0, 0.05) is 0 Å². The van der Waals surface area contributed by atoms with Crippen molar-refractivity contribution >= 4 is 5.78 Å². The van der Waals surface area contributed by atoms with Crippen molar-refractivity contribution in [1.29, 1.82) is 0 Å². The van der Waals surface area contributed by atoms with Gasteiger partial charge >= 0.3 is 0 Å². The van der Waals surface area contributed by atoms with Gasteiger partial charge in [-0.1, -0.05) is 36.9 Å². The molecule has 0 aromatic heterocycles. The Labute approximate surface area is 83.9 Å². The van der Waals surface area contributed by atoms with Gasteiger partial charge in [0.05, 0.1) is 0 Å². The maximum atomic E-state index is 11.0. The lowest BCUT2D eigenvalue weighted by Gasteiger charge is -2.06. The van der Waals surface area contributed by atoms with Crippen LogP contribution in [0.25, 0.3) is 0 Å². The molecule has 0 aliphatic rings. The number of hydrogen-bond acceptors (Lipinski definition) is 2. The Hall–Kier alpha value is -1.41. The summed E-state index contributed by atoms with van der Waals surface area (Å²) < 4.78 is 0. The Kier molecular flexibility index (Phi) is 4.08. The highest BCUT2D eigenvalue weighted by atomic mass is 16.3. The molecule has 1 aromatic carbocycles. The monoisotopic (exact) mass is 190 g/mol. The van der Waals surface area contributed by atoms with E-state index in [1.807, 2.05) is 30.3 Å². The molecule has 1 N–H and O–H groups in total. The molecule has 0 heterocycles. The van der Waals surface area contributed by atoms with E-state index in [-0.39, 0.29) is 5.78 Å². The first kappa shape index (κ1) is 10.7. The highest BCUT2D eigenvalue weighted by Gasteiger charge is 2.10. The minimum absolute atomic E-state index is 0.305. The van der Waals surface area contributed by atoms with Crippen LogP contribution in [0, 0.1) is 0 Å². The molecule has 0 radical (unpaired) electrons. The fourth-order valence-electron chi connectivity index (χ4n) is 1.23. The maximum Gasteiger partial charge on any atom is 0.183 e. The quantitative estimate of drug-likeness (QED) is 0.718. The van der Waals surface area contributed by atoms with E-state index in [4.69, 9.17) is 0 Å². The molecule has 0 aliphatic heterocycles. The molecule has 0 spiro atoms. The van der Waals surface area contributed by atoms with Crippen molar-refractivity contribution in [3.63, 3.8) is 0 Å². The highest BCUT2D eigenvalue weighted by Crippen LogP contribution is 2.05. The van der Waals surface area contributed by atoms with Crippen LogP contribution in [0.2, 0.25) is 0 Å².